The molecule has 1 N–H and O–H groups in total. The first-order valence-electron chi connectivity index (χ1n) is 5.81. The average molecular weight is 210 g/mol. The van der Waals surface area contributed by atoms with Gasteiger partial charge in [-0.15, -0.1) is 0 Å². The molecular weight excluding hydrogens is 188 g/mol. The third-order valence-electron chi connectivity index (χ3n) is 2.70. The van der Waals surface area contributed by atoms with Crippen LogP contribution in [0.15, 0.2) is 0 Å². The fourth-order valence-electron chi connectivity index (χ4n) is 2.06. The van der Waals surface area contributed by atoms with Crippen molar-refractivity contribution in [2.45, 2.75) is 59.6 Å². The van der Waals surface area contributed by atoms with Gasteiger partial charge in [0.15, 0.2) is 0 Å². The number of aliphatic hydroxyl groups is 1. The van der Waals surface area contributed by atoms with Gasteiger partial charge in [0, 0.05) is 17.3 Å². The van der Waals surface area contributed by atoms with Crippen molar-refractivity contribution in [3.63, 3.8) is 0 Å². The predicted octanol–water partition coefficient (Wildman–Crippen LogP) is 2.64. The van der Waals surface area contributed by atoms with Crippen molar-refractivity contribution >= 4 is 0 Å². The van der Waals surface area contributed by atoms with Crippen molar-refractivity contribution in [1.29, 1.82) is 0 Å². The summed E-state index contributed by atoms with van der Waals surface area (Å²) in [6.45, 7) is 10.3. The Morgan fingerprint density at radius 2 is 1.80 bits per heavy atom. The normalized spacial score (nSPS) is 13.5. The van der Waals surface area contributed by atoms with Gasteiger partial charge in [0.2, 0.25) is 0 Å². The van der Waals surface area contributed by atoms with Crippen LogP contribution in [0.4, 0.5) is 0 Å². The number of aryl methyl sites for hydroxylation is 1. The first kappa shape index (κ1) is 12.2. The fraction of sp³-hybridized carbons (Fsp3) is 0.750. The van der Waals surface area contributed by atoms with E-state index in [1.807, 2.05) is 11.6 Å². The van der Waals surface area contributed by atoms with Crippen molar-refractivity contribution in [2.24, 2.45) is 0 Å². The Morgan fingerprint density at radius 3 is 2.13 bits per heavy atom. The summed E-state index contributed by atoms with van der Waals surface area (Å²) in [5, 5.41) is 14.4. The molecular formula is C12H22N2O. The molecule has 3 nitrogen and oxygen atoms in total. The third-order valence-corrected chi connectivity index (χ3v) is 2.70. The van der Waals surface area contributed by atoms with Gasteiger partial charge in [0.05, 0.1) is 11.8 Å². The lowest BCUT2D eigenvalue weighted by Gasteiger charge is -2.12. The monoisotopic (exact) mass is 210 g/mol. The summed E-state index contributed by atoms with van der Waals surface area (Å²) in [6.07, 6.45) is 1.39. The van der Waals surface area contributed by atoms with Crippen LogP contribution in [0.1, 0.15) is 63.7 Å². The molecule has 15 heavy (non-hydrogen) atoms. The first-order valence-corrected chi connectivity index (χ1v) is 5.81. The molecule has 3 heteroatoms. The zero-order valence-corrected chi connectivity index (χ0v) is 10.4. The Kier molecular flexibility index (Phi) is 3.91. The molecule has 0 bridgehead atoms. The van der Waals surface area contributed by atoms with E-state index >= 15 is 0 Å². The van der Waals surface area contributed by atoms with Crippen molar-refractivity contribution in [3.05, 3.63) is 17.0 Å². The van der Waals surface area contributed by atoms with Gasteiger partial charge in [-0.3, -0.25) is 4.68 Å². The molecule has 1 rings (SSSR count). The number of hydrogen-bond donors (Lipinski definition) is 1. The van der Waals surface area contributed by atoms with Gasteiger partial charge in [0.1, 0.15) is 0 Å². The summed E-state index contributed by atoms with van der Waals surface area (Å²) in [6, 6.07) is 0.359. The van der Waals surface area contributed by atoms with Crippen LogP contribution in [0.25, 0.3) is 0 Å². The van der Waals surface area contributed by atoms with Crippen LogP contribution in [-0.2, 0) is 12.8 Å². The Hall–Kier alpha value is -0.830. The molecule has 0 aliphatic rings. The molecule has 0 spiro atoms. The van der Waals surface area contributed by atoms with Gasteiger partial charge in [-0.05, 0) is 33.6 Å². The van der Waals surface area contributed by atoms with E-state index < -0.39 is 6.10 Å². The maximum atomic E-state index is 9.79. The van der Waals surface area contributed by atoms with E-state index in [1.54, 1.807) is 0 Å². The fourth-order valence-corrected chi connectivity index (χ4v) is 2.06. The Balaban J connectivity index is 3.32. The highest BCUT2D eigenvalue weighted by molar-refractivity contribution is 5.29. The quantitative estimate of drug-likeness (QED) is 0.829. The zero-order chi connectivity index (χ0) is 11.6. The van der Waals surface area contributed by atoms with Gasteiger partial charge in [-0.2, -0.15) is 5.10 Å². The number of aliphatic hydroxyl groups excluding tert-OH is 1. The maximum Gasteiger partial charge on any atom is 0.0798 e. The minimum Gasteiger partial charge on any atom is -0.389 e. The number of rotatable bonds is 4. The summed E-state index contributed by atoms with van der Waals surface area (Å²) < 4.78 is 2.04. The number of nitrogens with zero attached hydrogens (tertiary/aromatic N) is 2. The van der Waals surface area contributed by atoms with E-state index in [-0.39, 0.29) is 0 Å². The lowest BCUT2D eigenvalue weighted by Crippen LogP contribution is -2.08. The predicted molar refractivity (Wildman–Crippen MR) is 62.0 cm³/mol. The molecule has 0 radical (unpaired) electrons. The largest absolute Gasteiger partial charge is 0.389 e. The minimum atomic E-state index is -0.414. The van der Waals surface area contributed by atoms with Gasteiger partial charge in [0.25, 0.3) is 0 Å². The van der Waals surface area contributed by atoms with E-state index in [9.17, 15) is 5.11 Å². The van der Waals surface area contributed by atoms with Gasteiger partial charge < -0.3 is 5.11 Å². The third kappa shape index (κ3) is 2.23. The highest BCUT2D eigenvalue weighted by Crippen LogP contribution is 2.25. The molecule has 1 unspecified atom stereocenters. The molecule has 0 amide bonds. The Bertz CT molecular complexity index is 327. The lowest BCUT2D eigenvalue weighted by atomic mass is 10.0. The molecule has 0 aliphatic heterocycles. The van der Waals surface area contributed by atoms with Gasteiger partial charge in [-0.1, -0.05) is 13.8 Å². The molecule has 0 fully saturated rings. The van der Waals surface area contributed by atoms with Crippen molar-refractivity contribution < 1.29 is 5.11 Å². The summed E-state index contributed by atoms with van der Waals surface area (Å²) in [7, 11) is 0. The van der Waals surface area contributed by atoms with Crippen molar-refractivity contribution in [1.82, 2.24) is 9.78 Å². The maximum absolute atomic E-state index is 9.79. The molecule has 0 aliphatic carbocycles. The van der Waals surface area contributed by atoms with E-state index in [0.29, 0.717) is 6.04 Å². The van der Waals surface area contributed by atoms with E-state index in [1.165, 1.54) is 5.69 Å². The Morgan fingerprint density at radius 1 is 1.20 bits per heavy atom. The standard InChI is InChI=1S/C12H22N2O/c1-6-10-12(9(5)15)11(7-2)14(13-10)8(3)4/h8-9,15H,6-7H2,1-5H3. The second-order valence-electron chi connectivity index (χ2n) is 4.23. The summed E-state index contributed by atoms with van der Waals surface area (Å²) in [5.41, 5.74) is 3.25. The minimum absolute atomic E-state index is 0.359. The highest BCUT2D eigenvalue weighted by Gasteiger charge is 2.19. The van der Waals surface area contributed by atoms with Gasteiger partial charge in [-0.25, -0.2) is 0 Å². The first-order chi connectivity index (χ1) is 7.02. The lowest BCUT2D eigenvalue weighted by molar-refractivity contribution is 0.197. The smallest absolute Gasteiger partial charge is 0.0798 e. The number of aromatic nitrogens is 2. The van der Waals surface area contributed by atoms with Crippen molar-refractivity contribution in [3.8, 4) is 0 Å². The molecule has 1 atom stereocenters. The second kappa shape index (κ2) is 4.79. The van der Waals surface area contributed by atoms with Crippen LogP contribution in [0.2, 0.25) is 0 Å². The summed E-state index contributed by atoms with van der Waals surface area (Å²) in [4.78, 5) is 0. The van der Waals surface area contributed by atoms with Crippen LogP contribution in [0.3, 0.4) is 0 Å². The van der Waals surface area contributed by atoms with E-state index in [2.05, 4.69) is 32.8 Å². The van der Waals surface area contributed by atoms with E-state index in [0.717, 1.165) is 24.1 Å². The summed E-state index contributed by atoms with van der Waals surface area (Å²) >= 11 is 0. The molecule has 0 aromatic carbocycles. The topological polar surface area (TPSA) is 38.0 Å². The van der Waals surface area contributed by atoms with Crippen LogP contribution in [0.5, 0.6) is 0 Å². The molecule has 1 aromatic heterocycles. The molecule has 1 aromatic rings. The van der Waals surface area contributed by atoms with Crippen LogP contribution < -0.4 is 0 Å². The highest BCUT2D eigenvalue weighted by atomic mass is 16.3. The second-order valence-corrected chi connectivity index (χ2v) is 4.23. The van der Waals surface area contributed by atoms with Crippen LogP contribution in [0, 0.1) is 0 Å². The molecule has 0 saturated heterocycles. The molecule has 86 valence electrons. The van der Waals surface area contributed by atoms with Crippen molar-refractivity contribution in [2.75, 3.05) is 0 Å². The van der Waals surface area contributed by atoms with E-state index in [4.69, 9.17) is 0 Å². The SMILES string of the molecule is CCc1nn(C(C)C)c(CC)c1C(C)O. The Labute approximate surface area is 92.1 Å². The summed E-state index contributed by atoms with van der Waals surface area (Å²) in [5.74, 6) is 0. The molecule has 0 saturated carbocycles. The average Bonchev–Trinajstić information content (AvgIpc) is 2.55. The van der Waals surface area contributed by atoms with Crippen LogP contribution in [-0.4, -0.2) is 14.9 Å². The number of hydrogen-bond acceptors (Lipinski definition) is 2. The van der Waals surface area contributed by atoms with Crippen LogP contribution >= 0.6 is 0 Å². The van der Waals surface area contributed by atoms with Gasteiger partial charge >= 0.3 is 0 Å². The molecule has 1 heterocycles. The zero-order valence-electron chi connectivity index (χ0n) is 10.4.